The zero-order chi connectivity index (χ0) is 10.8. The lowest BCUT2D eigenvalue weighted by atomic mass is 10.1. The largest absolute Gasteiger partial charge is 0.469 e. The van der Waals surface area contributed by atoms with Crippen LogP contribution in [-0.2, 0) is 23.0 Å². The van der Waals surface area contributed by atoms with Crippen LogP contribution in [0.2, 0.25) is 0 Å². The van der Waals surface area contributed by atoms with Crippen LogP contribution in [0.1, 0.15) is 5.56 Å². The summed E-state index contributed by atoms with van der Waals surface area (Å²) in [7, 11) is 3.40. The Bertz CT molecular complexity index is 499. The van der Waals surface area contributed by atoms with Gasteiger partial charge in [-0.25, -0.2) is 0 Å². The van der Waals surface area contributed by atoms with Crippen LogP contribution in [0.4, 0.5) is 0 Å². The van der Waals surface area contributed by atoms with E-state index in [2.05, 4.69) is 10.8 Å². The van der Waals surface area contributed by atoms with Gasteiger partial charge in [0.1, 0.15) is 0 Å². The summed E-state index contributed by atoms with van der Waals surface area (Å²) in [5.41, 5.74) is 2.12. The third-order valence-corrected chi connectivity index (χ3v) is 2.53. The van der Waals surface area contributed by atoms with E-state index in [1.54, 1.807) is 0 Å². The number of hydrogen-bond acceptors (Lipinski definition) is 2. The van der Waals surface area contributed by atoms with E-state index in [1.165, 1.54) is 12.5 Å². The van der Waals surface area contributed by atoms with Crippen LogP contribution < -0.4 is 0 Å². The van der Waals surface area contributed by atoms with Crippen molar-refractivity contribution < 1.29 is 9.53 Å². The Morgan fingerprint density at radius 3 is 2.93 bits per heavy atom. The number of rotatable bonds is 2. The van der Waals surface area contributed by atoms with Gasteiger partial charge in [0.25, 0.3) is 0 Å². The van der Waals surface area contributed by atoms with Crippen LogP contribution in [0.25, 0.3) is 10.9 Å². The van der Waals surface area contributed by atoms with E-state index in [9.17, 15) is 4.79 Å². The molecule has 2 aromatic rings. The number of ether oxygens (including phenoxy) is 1. The van der Waals surface area contributed by atoms with E-state index in [0.717, 1.165) is 11.1 Å². The number of carbonyl (C=O) groups is 1. The molecule has 0 aliphatic rings. The summed E-state index contributed by atoms with van der Waals surface area (Å²) in [5.74, 6) is -0.205. The molecule has 1 aromatic heterocycles. The minimum Gasteiger partial charge on any atom is -0.469 e. The van der Waals surface area contributed by atoms with Crippen molar-refractivity contribution in [2.45, 2.75) is 6.42 Å². The monoisotopic (exact) mass is 203 g/mol. The maximum absolute atomic E-state index is 11.1. The molecule has 0 saturated carbocycles. The van der Waals surface area contributed by atoms with Crippen molar-refractivity contribution >= 4 is 16.9 Å². The number of methoxy groups -OCH3 is 1. The first-order valence-corrected chi connectivity index (χ1v) is 4.81. The maximum Gasteiger partial charge on any atom is 0.309 e. The summed E-state index contributed by atoms with van der Waals surface area (Å²) in [5, 5.41) is 1.19. The molecule has 0 fully saturated rings. The van der Waals surface area contributed by atoms with Crippen molar-refractivity contribution in [2.24, 2.45) is 7.05 Å². The van der Waals surface area contributed by atoms with Crippen molar-refractivity contribution in [3.05, 3.63) is 36.0 Å². The lowest BCUT2D eigenvalue weighted by Gasteiger charge is -2.01. The number of aromatic nitrogens is 1. The van der Waals surface area contributed by atoms with Gasteiger partial charge in [0.2, 0.25) is 0 Å². The molecule has 15 heavy (non-hydrogen) atoms. The van der Waals surface area contributed by atoms with E-state index in [1.807, 2.05) is 36.0 Å². The van der Waals surface area contributed by atoms with Gasteiger partial charge < -0.3 is 9.30 Å². The molecule has 1 heterocycles. The predicted molar refractivity (Wildman–Crippen MR) is 58.6 cm³/mol. The molecule has 0 radical (unpaired) electrons. The van der Waals surface area contributed by atoms with E-state index in [4.69, 9.17) is 0 Å². The zero-order valence-corrected chi connectivity index (χ0v) is 8.86. The molecule has 78 valence electrons. The van der Waals surface area contributed by atoms with Gasteiger partial charge in [-0.3, -0.25) is 4.79 Å². The fourth-order valence-electron chi connectivity index (χ4n) is 1.66. The van der Waals surface area contributed by atoms with Crippen molar-refractivity contribution in [1.82, 2.24) is 4.57 Å². The number of hydrogen-bond donors (Lipinski definition) is 0. The lowest BCUT2D eigenvalue weighted by molar-refractivity contribution is -0.139. The molecule has 3 heteroatoms. The fraction of sp³-hybridized carbons (Fsp3) is 0.250. The first kappa shape index (κ1) is 9.77. The van der Waals surface area contributed by atoms with E-state index < -0.39 is 0 Å². The Labute approximate surface area is 88.3 Å². The van der Waals surface area contributed by atoms with E-state index in [-0.39, 0.29) is 5.97 Å². The van der Waals surface area contributed by atoms with Crippen molar-refractivity contribution in [3.8, 4) is 0 Å². The molecule has 0 aliphatic carbocycles. The van der Waals surface area contributed by atoms with Gasteiger partial charge >= 0.3 is 5.97 Å². The van der Waals surface area contributed by atoms with E-state index >= 15 is 0 Å². The Morgan fingerprint density at radius 2 is 2.20 bits per heavy atom. The summed E-state index contributed by atoms with van der Waals surface area (Å²) in [6, 6.07) is 8.05. The van der Waals surface area contributed by atoms with Gasteiger partial charge in [0.05, 0.1) is 13.5 Å². The van der Waals surface area contributed by atoms with Crippen molar-refractivity contribution in [1.29, 1.82) is 0 Å². The summed E-state index contributed by atoms with van der Waals surface area (Å²) in [4.78, 5) is 11.1. The second kappa shape index (κ2) is 3.77. The number of fused-ring (bicyclic) bond motifs is 1. The van der Waals surface area contributed by atoms with Gasteiger partial charge in [0.15, 0.2) is 0 Å². The molecule has 2 rings (SSSR count). The second-order valence-corrected chi connectivity index (χ2v) is 3.57. The minimum atomic E-state index is -0.205. The molecule has 0 N–H and O–H groups in total. The van der Waals surface area contributed by atoms with Gasteiger partial charge in [-0.2, -0.15) is 0 Å². The fourth-order valence-corrected chi connectivity index (χ4v) is 1.66. The van der Waals surface area contributed by atoms with Crippen LogP contribution in [0, 0.1) is 0 Å². The first-order valence-electron chi connectivity index (χ1n) is 4.81. The summed E-state index contributed by atoms with van der Waals surface area (Å²) >= 11 is 0. The van der Waals surface area contributed by atoms with Crippen LogP contribution in [0.3, 0.4) is 0 Å². The van der Waals surface area contributed by atoms with Crippen molar-refractivity contribution in [3.63, 3.8) is 0 Å². The highest BCUT2D eigenvalue weighted by molar-refractivity contribution is 5.82. The normalized spacial score (nSPS) is 10.5. The number of nitrogens with zero attached hydrogens (tertiary/aromatic N) is 1. The summed E-state index contributed by atoms with van der Waals surface area (Å²) < 4.78 is 6.67. The third kappa shape index (κ3) is 1.86. The number of carbonyl (C=O) groups excluding carboxylic acids is 1. The highest BCUT2D eigenvalue weighted by Gasteiger charge is 2.04. The molecular formula is C12H13NO2. The topological polar surface area (TPSA) is 31.2 Å². The van der Waals surface area contributed by atoms with Crippen LogP contribution in [-0.4, -0.2) is 17.6 Å². The van der Waals surface area contributed by atoms with Crippen molar-refractivity contribution in [2.75, 3.05) is 7.11 Å². The SMILES string of the molecule is COC(=O)Cc1ccc2ccn(C)c2c1. The molecule has 0 unspecified atom stereocenters. The highest BCUT2D eigenvalue weighted by Crippen LogP contribution is 2.16. The summed E-state index contributed by atoms with van der Waals surface area (Å²) in [6.07, 6.45) is 2.34. The Kier molecular flexibility index (Phi) is 2.46. The number of benzene rings is 1. The average Bonchev–Trinajstić information content (AvgIpc) is 2.60. The average molecular weight is 203 g/mol. The van der Waals surface area contributed by atoms with Crippen LogP contribution in [0.5, 0.6) is 0 Å². The minimum absolute atomic E-state index is 0.205. The molecule has 0 aliphatic heterocycles. The van der Waals surface area contributed by atoms with Gasteiger partial charge in [-0.1, -0.05) is 12.1 Å². The zero-order valence-electron chi connectivity index (χ0n) is 8.86. The molecular weight excluding hydrogens is 190 g/mol. The maximum atomic E-state index is 11.1. The Hall–Kier alpha value is -1.77. The van der Waals surface area contributed by atoms with Crippen LogP contribution in [0.15, 0.2) is 30.5 Å². The molecule has 0 amide bonds. The van der Waals surface area contributed by atoms with E-state index in [0.29, 0.717) is 6.42 Å². The second-order valence-electron chi connectivity index (χ2n) is 3.57. The molecule has 0 atom stereocenters. The van der Waals surface area contributed by atoms with Gasteiger partial charge in [0, 0.05) is 18.8 Å². The smallest absolute Gasteiger partial charge is 0.309 e. The predicted octanol–water partition coefficient (Wildman–Crippen LogP) is 1.89. The summed E-state index contributed by atoms with van der Waals surface area (Å²) in [6.45, 7) is 0. The van der Waals surface area contributed by atoms with Crippen LogP contribution >= 0.6 is 0 Å². The molecule has 1 aromatic carbocycles. The molecule has 3 nitrogen and oxygen atoms in total. The highest BCUT2D eigenvalue weighted by atomic mass is 16.5. The number of esters is 1. The Morgan fingerprint density at radius 1 is 1.40 bits per heavy atom. The standard InChI is InChI=1S/C12H13NO2/c1-13-6-5-10-4-3-9(7-11(10)13)8-12(14)15-2/h3-7H,8H2,1-2H3. The van der Waals surface area contributed by atoms with Gasteiger partial charge in [-0.05, 0) is 23.1 Å². The molecule has 0 spiro atoms. The lowest BCUT2D eigenvalue weighted by Crippen LogP contribution is -2.04. The number of aryl methyl sites for hydroxylation is 1. The molecule has 0 bridgehead atoms. The quantitative estimate of drug-likeness (QED) is 0.698. The third-order valence-electron chi connectivity index (χ3n) is 2.53. The first-order chi connectivity index (χ1) is 7.20. The van der Waals surface area contributed by atoms with Gasteiger partial charge in [-0.15, -0.1) is 0 Å². The Balaban J connectivity index is 2.37. The molecule has 0 saturated heterocycles.